The molecule has 0 amide bonds. The molecule has 0 aromatic heterocycles. The molecule has 1 atom stereocenters. The second-order valence-electron chi connectivity index (χ2n) is 10.2. The van der Waals surface area contributed by atoms with Crippen molar-refractivity contribution in [2.24, 2.45) is 5.92 Å². The van der Waals surface area contributed by atoms with E-state index in [0.29, 0.717) is 12.2 Å². The van der Waals surface area contributed by atoms with Gasteiger partial charge < -0.3 is 14.6 Å². The molecule has 0 heterocycles. The molecule has 0 saturated heterocycles. The van der Waals surface area contributed by atoms with Crippen molar-refractivity contribution >= 4 is 0 Å². The van der Waals surface area contributed by atoms with Crippen LogP contribution < -0.4 is 4.74 Å². The fourth-order valence-electron chi connectivity index (χ4n) is 5.76. The average molecular weight is 491 g/mol. The molecule has 2 aromatic carbocycles. The Morgan fingerprint density at radius 2 is 1.57 bits per heavy atom. The van der Waals surface area contributed by atoms with Crippen LogP contribution in [0.1, 0.15) is 93.7 Å². The first-order valence-corrected chi connectivity index (χ1v) is 13.1. The van der Waals surface area contributed by atoms with Gasteiger partial charge in [0.25, 0.3) is 0 Å². The van der Waals surface area contributed by atoms with Crippen LogP contribution in [0.3, 0.4) is 0 Å². The molecular weight excluding hydrogens is 453 g/mol. The molecule has 0 spiro atoms. The van der Waals surface area contributed by atoms with Gasteiger partial charge >= 0.3 is 0 Å². The van der Waals surface area contributed by atoms with E-state index in [4.69, 9.17) is 9.47 Å². The van der Waals surface area contributed by atoms with Crippen LogP contribution in [0.4, 0.5) is 13.2 Å². The third-order valence-electron chi connectivity index (χ3n) is 7.96. The van der Waals surface area contributed by atoms with Crippen molar-refractivity contribution in [3.63, 3.8) is 0 Å². The highest BCUT2D eigenvalue weighted by molar-refractivity contribution is 5.32. The van der Waals surface area contributed by atoms with Crippen molar-refractivity contribution in [2.45, 2.75) is 95.9 Å². The quantitative estimate of drug-likeness (QED) is 0.419. The third-order valence-corrected chi connectivity index (χ3v) is 7.96. The Hall–Kier alpha value is -2.05. The van der Waals surface area contributed by atoms with Crippen molar-refractivity contribution in [1.82, 2.24) is 0 Å². The summed E-state index contributed by atoms with van der Waals surface area (Å²) in [7, 11) is 0. The number of benzene rings is 2. The molecule has 1 N–H and O–H groups in total. The summed E-state index contributed by atoms with van der Waals surface area (Å²) in [5, 5.41) is 9.78. The van der Waals surface area contributed by atoms with Gasteiger partial charge in [0.05, 0.1) is 25.4 Å². The maximum atomic E-state index is 14.9. The minimum atomic E-state index is -0.807. The van der Waals surface area contributed by atoms with Gasteiger partial charge in [-0.05, 0) is 106 Å². The summed E-state index contributed by atoms with van der Waals surface area (Å²) < 4.78 is 55.2. The Balaban J connectivity index is 1.29. The Morgan fingerprint density at radius 3 is 2.20 bits per heavy atom. The smallest absolute Gasteiger partial charge is 0.165 e. The fraction of sp³-hybridized carbons (Fsp3) is 0.586. The molecule has 35 heavy (non-hydrogen) atoms. The van der Waals surface area contributed by atoms with E-state index in [0.717, 1.165) is 56.9 Å². The number of halogens is 3. The van der Waals surface area contributed by atoms with Gasteiger partial charge in [0, 0.05) is 5.56 Å². The Bertz CT molecular complexity index is 977. The molecule has 1 unspecified atom stereocenters. The molecular formula is C29H37F3O3. The van der Waals surface area contributed by atoms with Gasteiger partial charge in [0.15, 0.2) is 23.2 Å². The SMILES string of the molecule is CCOc1ccc(C2CCC(OCc3ccc(C4CCC(C(C)O)CC4)c(F)c3F)CC2)cc1F. The van der Waals surface area contributed by atoms with Gasteiger partial charge in [0.2, 0.25) is 0 Å². The maximum absolute atomic E-state index is 14.9. The molecule has 0 bridgehead atoms. The minimum Gasteiger partial charge on any atom is -0.491 e. The molecule has 6 heteroatoms. The highest BCUT2D eigenvalue weighted by atomic mass is 19.2. The Morgan fingerprint density at radius 1 is 0.886 bits per heavy atom. The van der Waals surface area contributed by atoms with Crippen LogP contribution in [0.5, 0.6) is 5.75 Å². The van der Waals surface area contributed by atoms with Gasteiger partial charge in [0.1, 0.15) is 0 Å². The first-order valence-electron chi connectivity index (χ1n) is 13.1. The fourth-order valence-corrected chi connectivity index (χ4v) is 5.76. The van der Waals surface area contributed by atoms with Crippen LogP contribution >= 0.6 is 0 Å². The first kappa shape index (κ1) is 26.0. The van der Waals surface area contributed by atoms with E-state index in [-0.39, 0.29) is 53.7 Å². The van der Waals surface area contributed by atoms with E-state index >= 15 is 0 Å². The molecule has 2 fully saturated rings. The monoisotopic (exact) mass is 490 g/mol. The van der Waals surface area contributed by atoms with Gasteiger partial charge in [-0.3, -0.25) is 0 Å². The van der Waals surface area contributed by atoms with Crippen molar-refractivity contribution < 1.29 is 27.8 Å². The van der Waals surface area contributed by atoms with Crippen LogP contribution in [0.25, 0.3) is 0 Å². The Kier molecular flexibility index (Phi) is 8.77. The lowest BCUT2D eigenvalue weighted by atomic mass is 9.76. The molecule has 2 saturated carbocycles. The second-order valence-corrected chi connectivity index (χ2v) is 10.2. The van der Waals surface area contributed by atoms with Gasteiger partial charge in [-0.25, -0.2) is 13.2 Å². The topological polar surface area (TPSA) is 38.7 Å². The summed E-state index contributed by atoms with van der Waals surface area (Å²) in [6, 6.07) is 8.55. The lowest BCUT2D eigenvalue weighted by Crippen LogP contribution is -2.23. The number of hydrogen-bond donors (Lipinski definition) is 1. The molecule has 0 radical (unpaired) electrons. The summed E-state index contributed by atoms with van der Waals surface area (Å²) >= 11 is 0. The number of ether oxygens (including phenoxy) is 2. The molecule has 2 aliphatic rings. The van der Waals surface area contributed by atoms with Crippen LogP contribution in [-0.4, -0.2) is 23.9 Å². The van der Waals surface area contributed by atoms with Gasteiger partial charge in [-0.1, -0.05) is 18.2 Å². The summed E-state index contributed by atoms with van der Waals surface area (Å²) in [5.41, 5.74) is 1.66. The normalized spacial score (nSPS) is 25.9. The third kappa shape index (κ3) is 6.21. The average Bonchev–Trinajstić information content (AvgIpc) is 2.87. The molecule has 192 valence electrons. The zero-order chi connectivity index (χ0) is 24.9. The van der Waals surface area contributed by atoms with Crippen LogP contribution in [0.15, 0.2) is 30.3 Å². The number of aliphatic hydroxyl groups is 1. The van der Waals surface area contributed by atoms with Crippen molar-refractivity contribution in [3.05, 3.63) is 64.5 Å². The van der Waals surface area contributed by atoms with Crippen LogP contribution in [0.2, 0.25) is 0 Å². The van der Waals surface area contributed by atoms with E-state index in [1.165, 1.54) is 0 Å². The zero-order valence-corrected chi connectivity index (χ0v) is 20.7. The van der Waals surface area contributed by atoms with Gasteiger partial charge in [-0.15, -0.1) is 0 Å². The van der Waals surface area contributed by atoms with E-state index < -0.39 is 11.6 Å². The maximum Gasteiger partial charge on any atom is 0.165 e. The minimum absolute atomic E-state index is 0.00261. The molecule has 3 nitrogen and oxygen atoms in total. The number of hydrogen-bond acceptors (Lipinski definition) is 3. The highest BCUT2D eigenvalue weighted by Crippen LogP contribution is 2.39. The molecule has 2 aromatic rings. The Labute approximate surface area is 206 Å². The van der Waals surface area contributed by atoms with E-state index in [2.05, 4.69) is 0 Å². The van der Waals surface area contributed by atoms with Crippen molar-refractivity contribution in [2.75, 3.05) is 6.61 Å². The lowest BCUT2D eigenvalue weighted by molar-refractivity contribution is 0.0118. The largest absolute Gasteiger partial charge is 0.491 e. The first-order chi connectivity index (χ1) is 16.9. The van der Waals surface area contributed by atoms with E-state index in [1.54, 1.807) is 31.2 Å². The standard InChI is InChI=1S/C29H37F3O3/c1-3-34-27-15-11-22(16-26(27)30)20-8-12-24(13-9-20)35-17-23-10-14-25(29(32)28(23)31)21-6-4-19(5-7-21)18(2)33/h10-11,14-16,18-21,24,33H,3-9,12-13,17H2,1-2H3. The predicted octanol–water partition coefficient (Wildman–Crippen LogP) is 7.40. The van der Waals surface area contributed by atoms with Crippen LogP contribution in [0, 0.1) is 23.4 Å². The van der Waals surface area contributed by atoms with Crippen molar-refractivity contribution in [3.8, 4) is 5.75 Å². The number of rotatable bonds is 8. The lowest BCUT2D eigenvalue weighted by Gasteiger charge is -2.31. The summed E-state index contributed by atoms with van der Waals surface area (Å²) in [6.45, 7) is 4.10. The molecule has 0 aliphatic heterocycles. The van der Waals surface area contributed by atoms with Crippen LogP contribution in [-0.2, 0) is 11.3 Å². The molecule has 4 rings (SSSR count). The summed E-state index contributed by atoms with van der Waals surface area (Å²) in [5.74, 6) is -1.11. The highest BCUT2D eigenvalue weighted by Gasteiger charge is 2.29. The predicted molar refractivity (Wildman–Crippen MR) is 130 cm³/mol. The van der Waals surface area contributed by atoms with E-state index in [9.17, 15) is 18.3 Å². The van der Waals surface area contributed by atoms with Gasteiger partial charge in [-0.2, -0.15) is 0 Å². The summed E-state index contributed by atoms with van der Waals surface area (Å²) in [6.07, 6.45) is 6.16. The van der Waals surface area contributed by atoms with Crippen molar-refractivity contribution in [1.29, 1.82) is 0 Å². The molecule has 2 aliphatic carbocycles. The second kappa shape index (κ2) is 11.8. The van der Waals surface area contributed by atoms with E-state index in [1.807, 2.05) is 13.0 Å². The summed E-state index contributed by atoms with van der Waals surface area (Å²) in [4.78, 5) is 0. The number of aliphatic hydroxyl groups excluding tert-OH is 1. The zero-order valence-electron chi connectivity index (χ0n) is 20.7.